The van der Waals surface area contributed by atoms with Gasteiger partial charge in [-0.1, -0.05) is 0 Å². The minimum Gasteiger partial charge on any atom is -0.467 e. The van der Waals surface area contributed by atoms with Crippen molar-refractivity contribution in [2.24, 2.45) is 5.84 Å². The maximum atomic E-state index is 13.6. The molecular formula is C11H12F2N4O. The standard InChI is InChI=1S/C11H12F2N4O/c1-17(6-7-3-2-4-18-7)11-9(13)5-8(12)10(15-11)16-14/h2-5H,6,14H2,1H3,(H,15,16). The molecule has 0 spiro atoms. The van der Waals surface area contributed by atoms with E-state index in [1.165, 1.54) is 11.2 Å². The Morgan fingerprint density at radius 3 is 2.83 bits per heavy atom. The zero-order chi connectivity index (χ0) is 13.1. The summed E-state index contributed by atoms with van der Waals surface area (Å²) in [5.74, 6) is 3.91. The quantitative estimate of drug-likeness (QED) is 0.644. The van der Waals surface area contributed by atoms with Gasteiger partial charge in [0.2, 0.25) is 0 Å². The number of hydrogen-bond donors (Lipinski definition) is 2. The molecule has 7 heteroatoms. The Hall–Kier alpha value is -2.15. The number of nitrogens with two attached hydrogens (primary N) is 1. The fourth-order valence-electron chi connectivity index (χ4n) is 1.54. The molecule has 0 aliphatic carbocycles. The van der Waals surface area contributed by atoms with Gasteiger partial charge in [0.25, 0.3) is 0 Å². The lowest BCUT2D eigenvalue weighted by atomic mass is 10.3. The molecule has 96 valence electrons. The second kappa shape index (κ2) is 5.01. The van der Waals surface area contributed by atoms with E-state index in [1.807, 2.05) is 0 Å². The van der Waals surface area contributed by atoms with E-state index < -0.39 is 11.6 Å². The maximum Gasteiger partial charge on any atom is 0.178 e. The van der Waals surface area contributed by atoms with E-state index in [-0.39, 0.29) is 11.6 Å². The van der Waals surface area contributed by atoms with E-state index >= 15 is 0 Å². The maximum absolute atomic E-state index is 13.6. The van der Waals surface area contributed by atoms with Crippen molar-refractivity contribution in [2.75, 3.05) is 17.4 Å². The predicted octanol–water partition coefficient (Wildman–Crippen LogP) is 1.87. The molecule has 2 aromatic rings. The van der Waals surface area contributed by atoms with Gasteiger partial charge >= 0.3 is 0 Å². The summed E-state index contributed by atoms with van der Waals surface area (Å²) in [5.41, 5.74) is 2.07. The van der Waals surface area contributed by atoms with E-state index in [2.05, 4.69) is 10.4 Å². The number of pyridine rings is 1. The summed E-state index contributed by atoms with van der Waals surface area (Å²) in [6.45, 7) is 0.312. The Morgan fingerprint density at radius 2 is 2.22 bits per heavy atom. The van der Waals surface area contributed by atoms with Gasteiger partial charge < -0.3 is 14.7 Å². The third-order valence-corrected chi connectivity index (χ3v) is 2.38. The van der Waals surface area contributed by atoms with Crippen LogP contribution in [0.25, 0.3) is 0 Å². The van der Waals surface area contributed by atoms with Crippen LogP contribution in [0.2, 0.25) is 0 Å². The fraction of sp³-hybridized carbons (Fsp3) is 0.182. The molecule has 0 amide bonds. The van der Waals surface area contributed by atoms with Crippen molar-refractivity contribution in [3.63, 3.8) is 0 Å². The molecule has 0 saturated carbocycles. The first-order chi connectivity index (χ1) is 8.61. The molecule has 2 heterocycles. The second-order valence-electron chi connectivity index (χ2n) is 3.70. The van der Waals surface area contributed by atoms with Gasteiger partial charge in [0, 0.05) is 13.1 Å². The third kappa shape index (κ3) is 2.40. The number of nitrogens with one attached hydrogen (secondary N) is 1. The molecule has 0 atom stereocenters. The molecular weight excluding hydrogens is 242 g/mol. The molecule has 0 aromatic carbocycles. The van der Waals surface area contributed by atoms with Crippen molar-refractivity contribution in [2.45, 2.75) is 6.54 Å². The summed E-state index contributed by atoms with van der Waals surface area (Å²) in [7, 11) is 1.62. The summed E-state index contributed by atoms with van der Waals surface area (Å²) in [4.78, 5) is 5.26. The van der Waals surface area contributed by atoms with Gasteiger partial charge in [0.15, 0.2) is 23.3 Å². The van der Waals surface area contributed by atoms with Gasteiger partial charge in [0.1, 0.15) is 5.76 Å². The Balaban J connectivity index is 2.26. The van der Waals surface area contributed by atoms with Crippen LogP contribution in [0.15, 0.2) is 28.9 Å². The third-order valence-electron chi connectivity index (χ3n) is 2.38. The van der Waals surface area contributed by atoms with E-state index in [0.717, 1.165) is 6.07 Å². The summed E-state index contributed by atoms with van der Waals surface area (Å²) < 4.78 is 31.9. The van der Waals surface area contributed by atoms with Crippen LogP contribution in [0.4, 0.5) is 20.4 Å². The number of aromatic nitrogens is 1. The van der Waals surface area contributed by atoms with Crippen LogP contribution in [0.3, 0.4) is 0 Å². The lowest BCUT2D eigenvalue weighted by Gasteiger charge is -2.18. The highest BCUT2D eigenvalue weighted by Crippen LogP contribution is 2.22. The molecule has 0 saturated heterocycles. The number of nitrogen functional groups attached to an aromatic ring is 1. The fourth-order valence-corrected chi connectivity index (χ4v) is 1.54. The Kier molecular flexibility index (Phi) is 3.42. The van der Waals surface area contributed by atoms with Crippen LogP contribution in [-0.2, 0) is 6.54 Å². The van der Waals surface area contributed by atoms with Crippen LogP contribution in [0, 0.1) is 11.6 Å². The first-order valence-electron chi connectivity index (χ1n) is 5.18. The van der Waals surface area contributed by atoms with Crippen molar-refractivity contribution in [1.29, 1.82) is 0 Å². The topological polar surface area (TPSA) is 67.3 Å². The minimum absolute atomic E-state index is 0.0132. The first kappa shape index (κ1) is 12.3. The molecule has 0 aliphatic heterocycles. The van der Waals surface area contributed by atoms with Gasteiger partial charge in [-0.2, -0.15) is 0 Å². The summed E-state index contributed by atoms with van der Waals surface area (Å²) in [5, 5.41) is 0. The number of halogens is 2. The number of anilines is 2. The molecule has 5 nitrogen and oxygen atoms in total. The van der Waals surface area contributed by atoms with E-state index in [4.69, 9.17) is 10.3 Å². The summed E-state index contributed by atoms with van der Waals surface area (Å²) >= 11 is 0. The molecule has 0 radical (unpaired) electrons. The lowest BCUT2D eigenvalue weighted by Crippen LogP contribution is -2.21. The Morgan fingerprint density at radius 1 is 1.44 bits per heavy atom. The predicted molar refractivity (Wildman–Crippen MR) is 62.8 cm³/mol. The van der Waals surface area contributed by atoms with Gasteiger partial charge in [0.05, 0.1) is 12.8 Å². The van der Waals surface area contributed by atoms with Gasteiger partial charge in [-0.05, 0) is 12.1 Å². The van der Waals surface area contributed by atoms with Gasteiger partial charge in [-0.3, -0.25) is 0 Å². The van der Waals surface area contributed by atoms with Crippen LogP contribution in [0.1, 0.15) is 5.76 Å². The zero-order valence-electron chi connectivity index (χ0n) is 9.65. The molecule has 0 bridgehead atoms. The van der Waals surface area contributed by atoms with Gasteiger partial charge in [-0.15, -0.1) is 0 Å². The second-order valence-corrected chi connectivity index (χ2v) is 3.70. The largest absolute Gasteiger partial charge is 0.467 e. The number of furan rings is 1. The van der Waals surface area contributed by atoms with Crippen LogP contribution in [-0.4, -0.2) is 12.0 Å². The molecule has 0 fully saturated rings. The average Bonchev–Trinajstić information content (AvgIpc) is 2.81. The number of nitrogens with zero attached hydrogens (tertiary/aromatic N) is 2. The van der Waals surface area contributed by atoms with Crippen LogP contribution >= 0.6 is 0 Å². The van der Waals surface area contributed by atoms with Gasteiger partial charge in [-0.25, -0.2) is 19.6 Å². The highest BCUT2D eigenvalue weighted by molar-refractivity contribution is 5.48. The monoisotopic (exact) mass is 254 g/mol. The molecule has 0 aliphatic rings. The number of rotatable bonds is 4. The average molecular weight is 254 g/mol. The Bertz CT molecular complexity index is 530. The zero-order valence-corrected chi connectivity index (χ0v) is 9.65. The molecule has 0 unspecified atom stereocenters. The summed E-state index contributed by atoms with van der Waals surface area (Å²) in [6.07, 6.45) is 1.52. The highest BCUT2D eigenvalue weighted by atomic mass is 19.1. The molecule has 2 aromatic heterocycles. The van der Waals surface area contributed by atoms with Crippen molar-refractivity contribution in [1.82, 2.24) is 4.98 Å². The first-order valence-corrected chi connectivity index (χ1v) is 5.18. The van der Waals surface area contributed by atoms with Crippen LogP contribution in [0.5, 0.6) is 0 Å². The molecule has 18 heavy (non-hydrogen) atoms. The van der Waals surface area contributed by atoms with E-state index in [1.54, 1.807) is 19.2 Å². The number of hydrogen-bond acceptors (Lipinski definition) is 5. The number of hydrazine groups is 1. The molecule has 2 rings (SSSR count). The summed E-state index contributed by atoms with van der Waals surface area (Å²) in [6, 6.07) is 4.21. The van der Waals surface area contributed by atoms with Crippen molar-refractivity contribution >= 4 is 11.6 Å². The minimum atomic E-state index is -0.842. The smallest absolute Gasteiger partial charge is 0.178 e. The van der Waals surface area contributed by atoms with Crippen LogP contribution < -0.4 is 16.2 Å². The van der Waals surface area contributed by atoms with E-state index in [0.29, 0.717) is 12.3 Å². The SMILES string of the molecule is CN(Cc1ccco1)c1nc(NN)c(F)cc1F. The lowest BCUT2D eigenvalue weighted by molar-refractivity contribution is 0.503. The Labute approximate surface area is 102 Å². The van der Waals surface area contributed by atoms with Crippen molar-refractivity contribution in [3.8, 4) is 0 Å². The van der Waals surface area contributed by atoms with Crippen molar-refractivity contribution < 1.29 is 13.2 Å². The normalized spacial score (nSPS) is 10.4. The highest BCUT2D eigenvalue weighted by Gasteiger charge is 2.15. The van der Waals surface area contributed by atoms with Crippen molar-refractivity contribution in [3.05, 3.63) is 41.9 Å². The molecule has 3 N–H and O–H groups in total. The van der Waals surface area contributed by atoms with E-state index in [9.17, 15) is 8.78 Å².